The Morgan fingerprint density at radius 1 is 0.952 bits per heavy atom. The highest BCUT2D eigenvalue weighted by molar-refractivity contribution is 5.67. The first-order valence-corrected chi connectivity index (χ1v) is 6.21. The van der Waals surface area contributed by atoms with Crippen molar-refractivity contribution in [3.8, 4) is 0 Å². The Kier molecular flexibility index (Phi) is 6.06. The zero-order valence-corrected chi connectivity index (χ0v) is 11.8. The summed E-state index contributed by atoms with van der Waals surface area (Å²) in [4.78, 5) is 33.1. The van der Waals surface area contributed by atoms with E-state index in [4.69, 9.17) is 18.9 Å². The molecular formula is C12H18O9. The third-order valence-corrected chi connectivity index (χ3v) is 2.69. The maximum absolute atomic E-state index is 11.1. The van der Waals surface area contributed by atoms with Crippen LogP contribution in [0.4, 0.5) is 0 Å². The molecule has 0 bridgehead atoms. The molecule has 9 nitrogen and oxygen atoms in total. The summed E-state index contributed by atoms with van der Waals surface area (Å²) in [7, 11) is 0. The van der Waals surface area contributed by atoms with E-state index in [-0.39, 0.29) is 6.61 Å². The molecule has 2 N–H and O–H groups in total. The molecule has 1 fully saturated rings. The largest absolute Gasteiger partial charge is 0.463 e. The molecule has 5 atom stereocenters. The van der Waals surface area contributed by atoms with E-state index in [9.17, 15) is 24.6 Å². The highest BCUT2D eigenvalue weighted by Crippen LogP contribution is 2.25. The van der Waals surface area contributed by atoms with Gasteiger partial charge in [0.25, 0.3) is 0 Å². The van der Waals surface area contributed by atoms with Crippen LogP contribution < -0.4 is 0 Å². The van der Waals surface area contributed by atoms with Crippen molar-refractivity contribution in [2.75, 3.05) is 6.61 Å². The van der Waals surface area contributed by atoms with Gasteiger partial charge in [0.2, 0.25) is 0 Å². The molecule has 0 aliphatic carbocycles. The fourth-order valence-corrected chi connectivity index (χ4v) is 1.90. The Hall–Kier alpha value is -1.71. The molecular weight excluding hydrogens is 288 g/mol. The van der Waals surface area contributed by atoms with Crippen LogP contribution in [0, 0.1) is 0 Å². The van der Waals surface area contributed by atoms with E-state index in [0.29, 0.717) is 0 Å². The fraction of sp³-hybridized carbons (Fsp3) is 0.750. The lowest BCUT2D eigenvalue weighted by Gasteiger charge is -2.41. The van der Waals surface area contributed by atoms with E-state index in [1.165, 1.54) is 6.92 Å². The molecule has 1 aliphatic rings. The minimum Gasteiger partial charge on any atom is -0.463 e. The van der Waals surface area contributed by atoms with Crippen molar-refractivity contribution >= 4 is 17.9 Å². The normalized spacial score (nSPS) is 32.1. The molecule has 0 aromatic heterocycles. The summed E-state index contributed by atoms with van der Waals surface area (Å²) >= 11 is 0. The monoisotopic (exact) mass is 306 g/mol. The number of aliphatic hydroxyl groups is 2. The predicted octanol–water partition coefficient (Wildman–Crippen LogP) is -1.51. The second-order valence-corrected chi connectivity index (χ2v) is 4.51. The molecule has 1 saturated heterocycles. The third-order valence-electron chi connectivity index (χ3n) is 2.69. The standard InChI is InChI=1S/C12H18O9/c1-5(13)18-4-8-10(19-6(2)14)11(20-7(3)15)9(16)12(17)21-8/h8-12,16-17H,4H2,1-3H3/t8-,9+,10+,11-,12-/m1/s1. The Labute approximate surface area is 120 Å². The lowest BCUT2D eigenvalue weighted by molar-refractivity contribution is -0.293. The van der Waals surface area contributed by atoms with E-state index in [2.05, 4.69) is 0 Å². The van der Waals surface area contributed by atoms with Gasteiger partial charge in [-0.05, 0) is 0 Å². The van der Waals surface area contributed by atoms with Gasteiger partial charge in [0.15, 0.2) is 18.5 Å². The first kappa shape index (κ1) is 17.3. The summed E-state index contributed by atoms with van der Waals surface area (Å²) < 4.78 is 19.6. The molecule has 1 heterocycles. The molecule has 0 aromatic carbocycles. The topological polar surface area (TPSA) is 129 Å². The van der Waals surface area contributed by atoms with Gasteiger partial charge in [-0.3, -0.25) is 14.4 Å². The zero-order chi connectivity index (χ0) is 16.2. The second kappa shape index (κ2) is 7.34. The fourth-order valence-electron chi connectivity index (χ4n) is 1.90. The molecule has 0 saturated carbocycles. The number of aliphatic hydroxyl groups excluding tert-OH is 2. The number of hydrogen-bond acceptors (Lipinski definition) is 9. The molecule has 0 radical (unpaired) electrons. The van der Waals surface area contributed by atoms with Gasteiger partial charge < -0.3 is 29.2 Å². The lowest BCUT2D eigenvalue weighted by Crippen LogP contribution is -2.61. The van der Waals surface area contributed by atoms with Gasteiger partial charge in [-0.2, -0.15) is 0 Å². The van der Waals surface area contributed by atoms with Gasteiger partial charge in [0.05, 0.1) is 0 Å². The molecule has 0 aromatic rings. The van der Waals surface area contributed by atoms with Crippen LogP contribution in [0.15, 0.2) is 0 Å². The molecule has 120 valence electrons. The number of carbonyl (C=O) groups is 3. The Bertz CT molecular complexity index is 408. The van der Waals surface area contributed by atoms with Crippen molar-refractivity contribution in [2.24, 2.45) is 0 Å². The highest BCUT2D eigenvalue weighted by atomic mass is 16.7. The molecule has 0 unspecified atom stereocenters. The third kappa shape index (κ3) is 4.96. The van der Waals surface area contributed by atoms with Crippen LogP contribution in [-0.4, -0.2) is 65.4 Å². The number of esters is 3. The summed E-state index contributed by atoms with van der Waals surface area (Å²) in [6.07, 6.45) is -6.92. The average Bonchev–Trinajstić information content (AvgIpc) is 2.35. The predicted molar refractivity (Wildman–Crippen MR) is 64.6 cm³/mol. The SMILES string of the molecule is CC(=O)OC[C@H]1O[C@@H](O)[C@@H](O)[C@@H](OC(C)=O)[C@H]1OC(C)=O. The maximum Gasteiger partial charge on any atom is 0.303 e. The average molecular weight is 306 g/mol. The molecule has 1 aliphatic heterocycles. The lowest BCUT2D eigenvalue weighted by atomic mass is 9.98. The highest BCUT2D eigenvalue weighted by Gasteiger charge is 2.49. The quantitative estimate of drug-likeness (QED) is 0.470. The zero-order valence-electron chi connectivity index (χ0n) is 11.8. The number of ether oxygens (including phenoxy) is 4. The Balaban J connectivity index is 2.94. The van der Waals surface area contributed by atoms with Gasteiger partial charge in [0.1, 0.15) is 18.8 Å². The number of hydrogen-bond donors (Lipinski definition) is 2. The molecule has 0 spiro atoms. The van der Waals surface area contributed by atoms with Crippen LogP contribution in [0.2, 0.25) is 0 Å². The maximum atomic E-state index is 11.1. The summed E-state index contributed by atoms with van der Waals surface area (Å²) in [5, 5.41) is 19.4. The van der Waals surface area contributed by atoms with E-state index < -0.39 is 48.6 Å². The minimum absolute atomic E-state index is 0.338. The molecule has 21 heavy (non-hydrogen) atoms. The number of carbonyl (C=O) groups excluding carboxylic acids is 3. The van der Waals surface area contributed by atoms with Crippen molar-refractivity contribution in [3.05, 3.63) is 0 Å². The summed E-state index contributed by atoms with van der Waals surface area (Å²) in [5.41, 5.74) is 0. The number of rotatable bonds is 4. The van der Waals surface area contributed by atoms with Crippen molar-refractivity contribution in [3.63, 3.8) is 0 Å². The molecule has 1 rings (SSSR count). The van der Waals surface area contributed by atoms with E-state index >= 15 is 0 Å². The van der Waals surface area contributed by atoms with Crippen LogP contribution in [0.1, 0.15) is 20.8 Å². The van der Waals surface area contributed by atoms with Gasteiger partial charge >= 0.3 is 17.9 Å². The van der Waals surface area contributed by atoms with Crippen LogP contribution in [0.5, 0.6) is 0 Å². The van der Waals surface area contributed by atoms with Gasteiger partial charge in [0, 0.05) is 20.8 Å². The van der Waals surface area contributed by atoms with Crippen LogP contribution in [-0.2, 0) is 33.3 Å². The van der Waals surface area contributed by atoms with Crippen molar-refractivity contribution in [2.45, 2.75) is 51.5 Å². The van der Waals surface area contributed by atoms with Crippen molar-refractivity contribution in [1.29, 1.82) is 0 Å². The van der Waals surface area contributed by atoms with Gasteiger partial charge in [-0.15, -0.1) is 0 Å². The second-order valence-electron chi connectivity index (χ2n) is 4.51. The Morgan fingerprint density at radius 3 is 1.95 bits per heavy atom. The van der Waals surface area contributed by atoms with Crippen molar-refractivity contribution in [1.82, 2.24) is 0 Å². The Morgan fingerprint density at radius 2 is 1.48 bits per heavy atom. The first-order chi connectivity index (χ1) is 9.72. The van der Waals surface area contributed by atoms with Crippen LogP contribution >= 0.6 is 0 Å². The summed E-state index contributed by atoms with van der Waals surface area (Å²) in [5.74, 6) is -2.06. The summed E-state index contributed by atoms with van der Waals surface area (Å²) in [6.45, 7) is 3.04. The first-order valence-electron chi connectivity index (χ1n) is 6.21. The van der Waals surface area contributed by atoms with Gasteiger partial charge in [-0.25, -0.2) is 0 Å². The van der Waals surface area contributed by atoms with Crippen LogP contribution in [0.3, 0.4) is 0 Å². The van der Waals surface area contributed by atoms with E-state index in [1.807, 2.05) is 0 Å². The van der Waals surface area contributed by atoms with Crippen molar-refractivity contribution < 1.29 is 43.5 Å². The van der Waals surface area contributed by atoms with E-state index in [0.717, 1.165) is 13.8 Å². The van der Waals surface area contributed by atoms with Crippen LogP contribution in [0.25, 0.3) is 0 Å². The summed E-state index contributed by atoms with van der Waals surface area (Å²) in [6, 6.07) is 0. The molecule has 9 heteroatoms. The van der Waals surface area contributed by atoms with Gasteiger partial charge in [-0.1, -0.05) is 0 Å². The smallest absolute Gasteiger partial charge is 0.303 e. The molecule has 0 amide bonds. The minimum atomic E-state index is -1.68. The van der Waals surface area contributed by atoms with E-state index in [1.54, 1.807) is 0 Å².